The highest BCUT2D eigenvalue weighted by Gasteiger charge is 2.17. The Labute approximate surface area is 255 Å². The van der Waals surface area contributed by atoms with Gasteiger partial charge in [0.1, 0.15) is 12.4 Å². The summed E-state index contributed by atoms with van der Waals surface area (Å²) in [6, 6.07) is 19.0. The number of anilines is 4. The second kappa shape index (κ2) is 13.6. The topological polar surface area (TPSA) is 184 Å². The van der Waals surface area contributed by atoms with Gasteiger partial charge in [-0.2, -0.15) is 0 Å². The predicted molar refractivity (Wildman–Crippen MR) is 175 cm³/mol. The third-order valence-corrected chi connectivity index (χ3v) is 6.69. The fraction of sp³-hybridized carbons (Fsp3) is 0.219. The van der Waals surface area contributed by atoms with Crippen LogP contribution in [0.15, 0.2) is 77.7 Å². The first-order valence-corrected chi connectivity index (χ1v) is 14.0. The zero-order valence-corrected chi connectivity index (χ0v) is 25.1. The maximum absolute atomic E-state index is 13.5. The molecular formula is C32H37N9O3. The van der Waals surface area contributed by atoms with Crippen molar-refractivity contribution in [2.45, 2.75) is 33.0 Å². The Morgan fingerprint density at radius 2 is 1.66 bits per heavy atom. The molecule has 4 rings (SSSR count). The standard InChI is InChI=1S/C32H37N9O3/c1-19(2)38-30-32(44)41(18-28(42)36-16-20-5-7-21(8-6-20)29(34)35)27(17-37-30)23-13-24(33)15-25(14-23)39-31(43)22-9-11-26(12-10-22)40(3)4/h5-15,17,19H,16,18,33H2,1-4H3,(H3,34,35)(H,36,42)(H,37,38)(H,39,43). The van der Waals surface area contributed by atoms with Gasteiger partial charge in [0, 0.05) is 60.4 Å². The third kappa shape index (κ3) is 7.79. The maximum Gasteiger partial charge on any atom is 0.294 e. The number of hydrogen-bond donors (Lipinski definition) is 6. The molecule has 3 aromatic carbocycles. The molecule has 8 N–H and O–H groups in total. The van der Waals surface area contributed by atoms with Gasteiger partial charge in [0.2, 0.25) is 5.91 Å². The van der Waals surface area contributed by atoms with Gasteiger partial charge < -0.3 is 32.3 Å². The number of nitrogen functional groups attached to an aromatic ring is 2. The van der Waals surface area contributed by atoms with E-state index in [2.05, 4.69) is 20.9 Å². The van der Waals surface area contributed by atoms with E-state index in [4.69, 9.17) is 16.9 Å². The summed E-state index contributed by atoms with van der Waals surface area (Å²) < 4.78 is 1.33. The molecule has 1 aromatic heterocycles. The molecule has 0 aliphatic heterocycles. The SMILES string of the molecule is CC(C)Nc1ncc(-c2cc(N)cc(NC(=O)c3ccc(N(C)C)cc3)c2)n(CC(=O)NCc2ccc(C(=N)N)cc2)c1=O. The van der Waals surface area contributed by atoms with Crippen LogP contribution in [0.4, 0.5) is 22.9 Å². The van der Waals surface area contributed by atoms with Gasteiger partial charge in [-0.15, -0.1) is 0 Å². The lowest BCUT2D eigenvalue weighted by Crippen LogP contribution is -2.35. The first-order chi connectivity index (χ1) is 20.9. The van der Waals surface area contributed by atoms with Gasteiger partial charge in [0.15, 0.2) is 5.82 Å². The summed E-state index contributed by atoms with van der Waals surface area (Å²) in [5, 5.41) is 16.3. The summed E-state index contributed by atoms with van der Waals surface area (Å²) in [4.78, 5) is 45.9. The van der Waals surface area contributed by atoms with E-state index >= 15 is 0 Å². The molecule has 12 heteroatoms. The molecule has 0 saturated carbocycles. The minimum Gasteiger partial charge on any atom is -0.399 e. The average Bonchev–Trinajstić information content (AvgIpc) is 2.98. The van der Waals surface area contributed by atoms with Crippen molar-refractivity contribution in [3.05, 3.63) is 100.0 Å². The molecule has 0 spiro atoms. The summed E-state index contributed by atoms with van der Waals surface area (Å²) in [7, 11) is 3.84. The lowest BCUT2D eigenvalue weighted by molar-refractivity contribution is -0.121. The molecule has 44 heavy (non-hydrogen) atoms. The number of nitrogens with two attached hydrogens (primary N) is 2. The lowest BCUT2D eigenvalue weighted by Gasteiger charge is -2.17. The summed E-state index contributed by atoms with van der Waals surface area (Å²) >= 11 is 0. The average molecular weight is 596 g/mol. The van der Waals surface area contributed by atoms with E-state index in [1.807, 2.05) is 45.0 Å². The van der Waals surface area contributed by atoms with Gasteiger partial charge in [0.25, 0.3) is 11.5 Å². The lowest BCUT2D eigenvalue weighted by atomic mass is 10.1. The molecular weight excluding hydrogens is 558 g/mol. The van der Waals surface area contributed by atoms with E-state index in [0.29, 0.717) is 33.8 Å². The molecule has 0 aliphatic carbocycles. The Hall–Kier alpha value is -5.65. The van der Waals surface area contributed by atoms with Crippen LogP contribution in [0.2, 0.25) is 0 Å². The zero-order valence-electron chi connectivity index (χ0n) is 25.1. The van der Waals surface area contributed by atoms with Gasteiger partial charge in [-0.1, -0.05) is 24.3 Å². The fourth-order valence-corrected chi connectivity index (χ4v) is 4.44. The third-order valence-electron chi connectivity index (χ3n) is 6.69. The quantitative estimate of drug-likeness (QED) is 0.0867. The highest BCUT2D eigenvalue weighted by molar-refractivity contribution is 6.05. The molecule has 0 radical (unpaired) electrons. The number of nitrogens with zero attached hydrogens (tertiary/aromatic N) is 3. The van der Waals surface area contributed by atoms with Crippen LogP contribution in [0.1, 0.15) is 35.3 Å². The molecule has 0 bridgehead atoms. The van der Waals surface area contributed by atoms with Gasteiger partial charge in [0.05, 0.1) is 11.9 Å². The molecule has 0 aliphatic rings. The maximum atomic E-state index is 13.5. The van der Waals surface area contributed by atoms with Gasteiger partial charge in [-0.3, -0.25) is 24.4 Å². The minimum atomic E-state index is -0.480. The van der Waals surface area contributed by atoms with Crippen molar-refractivity contribution in [3.63, 3.8) is 0 Å². The van der Waals surface area contributed by atoms with Crippen molar-refractivity contribution in [1.82, 2.24) is 14.9 Å². The van der Waals surface area contributed by atoms with E-state index in [1.165, 1.54) is 10.8 Å². The number of carbonyl (C=O) groups excluding carboxylic acids is 2. The van der Waals surface area contributed by atoms with Crippen LogP contribution in [-0.4, -0.2) is 47.3 Å². The summed E-state index contributed by atoms with van der Waals surface area (Å²) in [5.41, 5.74) is 15.7. The first-order valence-electron chi connectivity index (χ1n) is 14.0. The molecule has 1 heterocycles. The molecule has 0 fully saturated rings. The molecule has 4 aromatic rings. The van der Waals surface area contributed by atoms with E-state index < -0.39 is 11.5 Å². The zero-order chi connectivity index (χ0) is 32.0. The van der Waals surface area contributed by atoms with E-state index in [1.54, 1.807) is 54.6 Å². The predicted octanol–water partition coefficient (Wildman–Crippen LogP) is 3.23. The second-order valence-electron chi connectivity index (χ2n) is 10.8. The van der Waals surface area contributed by atoms with Crippen molar-refractivity contribution in [3.8, 4) is 11.3 Å². The van der Waals surface area contributed by atoms with Crippen LogP contribution >= 0.6 is 0 Å². The van der Waals surface area contributed by atoms with Crippen molar-refractivity contribution in [1.29, 1.82) is 5.41 Å². The molecule has 228 valence electrons. The van der Waals surface area contributed by atoms with Crippen molar-refractivity contribution < 1.29 is 9.59 Å². The summed E-state index contributed by atoms with van der Waals surface area (Å²) in [6.45, 7) is 3.69. The van der Waals surface area contributed by atoms with Gasteiger partial charge in [-0.25, -0.2) is 4.98 Å². The molecule has 2 amide bonds. The van der Waals surface area contributed by atoms with Crippen LogP contribution in [-0.2, 0) is 17.9 Å². The number of carbonyl (C=O) groups is 2. The smallest absolute Gasteiger partial charge is 0.294 e. The van der Waals surface area contributed by atoms with Crippen LogP contribution in [0, 0.1) is 5.41 Å². The molecule has 12 nitrogen and oxygen atoms in total. The van der Waals surface area contributed by atoms with Gasteiger partial charge in [-0.05, 0) is 61.9 Å². The summed E-state index contributed by atoms with van der Waals surface area (Å²) in [5.74, 6) is -0.659. The number of benzene rings is 3. The van der Waals surface area contributed by atoms with Crippen LogP contribution < -0.4 is 37.9 Å². The second-order valence-corrected chi connectivity index (χ2v) is 10.8. The van der Waals surface area contributed by atoms with Crippen LogP contribution in [0.25, 0.3) is 11.3 Å². The Morgan fingerprint density at radius 3 is 2.27 bits per heavy atom. The molecule has 0 unspecified atom stereocenters. The molecule has 0 saturated heterocycles. The number of rotatable bonds is 11. The number of hydrogen-bond acceptors (Lipinski definition) is 8. The largest absolute Gasteiger partial charge is 0.399 e. The van der Waals surface area contributed by atoms with Crippen molar-refractivity contribution in [2.75, 3.05) is 35.4 Å². The van der Waals surface area contributed by atoms with Gasteiger partial charge >= 0.3 is 0 Å². The Balaban J connectivity index is 1.61. The highest BCUT2D eigenvalue weighted by atomic mass is 16.2. The monoisotopic (exact) mass is 595 g/mol. The van der Waals surface area contributed by atoms with E-state index in [9.17, 15) is 14.4 Å². The van der Waals surface area contributed by atoms with Crippen LogP contribution in [0.5, 0.6) is 0 Å². The number of amides is 2. The Bertz CT molecular complexity index is 1730. The normalized spacial score (nSPS) is 10.8. The van der Waals surface area contributed by atoms with E-state index in [-0.39, 0.29) is 36.7 Å². The van der Waals surface area contributed by atoms with Crippen molar-refractivity contribution in [2.24, 2.45) is 5.73 Å². The number of amidine groups is 1. The first kappa shape index (κ1) is 31.3. The highest BCUT2D eigenvalue weighted by Crippen LogP contribution is 2.26. The van der Waals surface area contributed by atoms with Crippen LogP contribution in [0.3, 0.4) is 0 Å². The minimum absolute atomic E-state index is 0.0427. The molecule has 0 atom stereocenters. The van der Waals surface area contributed by atoms with E-state index in [0.717, 1.165) is 11.3 Å². The fourth-order valence-electron chi connectivity index (χ4n) is 4.44. The number of aromatic nitrogens is 2. The Morgan fingerprint density at radius 1 is 1.00 bits per heavy atom. The summed E-state index contributed by atoms with van der Waals surface area (Å²) in [6.07, 6.45) is 1.50. The Kier molecular flexibility index (Phi) is 9.64. The van der Waals surface area contributed by atoms with Crippen molar-refractivity contribution >= 4 is 40.5 Å². The number of nitrogens with one attached hydrogen (secondary N) is 4.